The van der Waals surface area contributed by atoms with Crippen LogP contribution in [0.2, 0.25) is 0 Å². The van der Waals surface area contributed by atoms with Crippen LogP contribution in [0, 0.1) is 6.92 Å². The van der Waals surface area contributed by atoms with Gasteiger partial charge in [-0.15, -0.1) is 0 Å². The van der Waals surface area contributed by atoms with Crippen LogP contribution in [0.4, 0.5) is 5.69 Å². The van der Waals surface area contributed by atoms with Crippen LogP contribution in [0.3, 0.4) is 0 Å². The first-order valence-electron chi connectivity index (χ1n) is 6.91. The lowest BCUT2D eigenvalue weighted by molar-refractivity contribution is 0.378. The van der Waals surface area contributed by atoms with E-state index in [0.717, 1.165) is 13.1 Å². The lowest BCUT2D eigenvalue weighted by Crippen LogP contribution is -2.56. The molecule has 2 unspecified atom stereocenters. The van der Waals surface area contributed by atoms with E-state index in [1.54, 1.807) is 0 Å². The highest BCUT2D eigenvalue weighted by Gasteiger charge is 2.26. The number of hydrogen-bond donors (Lipinski definition) is 1. The van der Waals surface area contributed by atoms with Crippen LogP contribution in [0.1, 0.15) is 32.3 Å². The van der Waals surface area contributed by atoms with Gasteiger partial charge in [-0.1, -0.05) is 19.9 Å². The van der Waals surface area contributed by atoms with Crippen molar-refractivity contribution in [3.63, 3.8) is 0 Å². The zero-order valence-corrected chi connectivity index (χ0v) is 13.1. The van der Waals surface area contributed by atoms with E-state index in [4.69, 9.17) is 0 Å². The molecule has 2 nitrogen and oxygen atoms in total. The first kappa shape index (κ1) is 13.9. The van der Waals surface area contributed by atoms with Gasteiger partial charge in [0.2, 0.25) is 0 Å². The fourth-order valence-corrected chi connectivity index (χ4v) is 3.36. The predicted molar refractivity (Wildman–Crippen MR) is 82.4 cm³/mol. The maximum Gasteiger partial charge on any atom is 0.0514 e. The van der Waals surface area contributed by atoms with E-state index in [1.807, 2.05) is 0 Å². The molecule has 2 atom stereocenters. The second-order valence-electron chi connectivity index (χ2n) is 5.18. The molecule has 1 N–H and O–H groups in total. The number of nitrogens with zero attached hydrogens (tertiary/aromatic N) is 1. The minimum absolute atomic E-state index is 0.604. The fraction of sp³-hybridized carbons (Fsp3) is 0.600. The SMILES string of the molecule is CCC1CN(c2ccc(C)cc2Br)C(CC)CN1. The summed E-state index contributed by atoms with van der Waals surface area (Å²) in [6, 6.07) is 7.88. The molecule has 1 heterocycles. The van der Waals surface area contributed by atoms with Gasteiger partial charge in [-0.25, -0.2) is 0 Å². The monoisotopic (exact) mass is 310 g/mol. The van der Waals surface area contributed by atoms with E-state index in [-0.39, 0.29) is 0 Å². The summed E-state index contributed by atoms with van der Waals surface area (Å²) in [6.45, 7) is 8.87. The molecule has 0 bridgehead atoms. The lowest BCUT2D eigenvalue weighted by Gasteiger charge is -2.42. The number of hydrogen-bond acceptors (Lipinski definition) is 2. The predicted octanol–water partition coefficient (Wildman–Crippen LogP) is 3.72. The number of rotatable bonds is 3. The Labute approximate surface area is 119 Å². The summed E-state index contributed by atoms with van der Waals surface area (Å²) in [5, 5.41) is 3.64. The second kappa shape index (κ2) is 6.07. The molecule has 0 saturated carbocycles. The molecule has 3 heteroatoms. The average molecular weight is 311 g/mol. The topological polar surface area (TPSA) is 15.3 Å². The van der Waals surface area contributed by atoms with Gasteiger partial charge in [0.1, 0.15) is 0 Å². The van der Waals surface area contributed by atoms with Crippen molar-refractivity contribution in [3.8, 4) is 0 Å². The van der Waals surface area contributed by atoms with Gasteiger partial charge in [0, 0.05) is 29.6 Å². The van der Waals surface area contributed by atoms with Gasteiger partial charge in [0.25, 0.3) is 0 Å². The number of nitrogens with one attached hydrogen (secondary N) is 1. The molecule has 0 aromatic heterocycles. The van der Waals surface area contributed by atoms with Crippen LogP contribution < -0.4 is 10.2 Å². The summed E-state index contributed by atoms with van der Waals surface area (Å²) in [7, 11) is 0. The molecule has 1 saturated heterocycles. The van der Waals surface area contributed by atoms with Crippen molar-refractivity contribution in [2.75, 3.05) is 18.0 Å². The highest BCUT2D eigenvalue weighted by Crippen LogP contribution is 2.30. The third kappa shape index (κ3) is 2.89. The molecule has 0 aliphatic carbocycles. The lowest BCUT2D eigenvalue weighted by atomic mass is 10.0. The van der Waals surface area contributed by atoms with Crippen molar-refractivity contribution in [1.29, 1.82) is 0 Å². The van der Waals surface area contributed by atoms with Gasteiger partial charge < -0.3 is 10.2 Å². The van der Waals surface area contributed by atoms with E-state index < -0.39 is 0 Å². The normalized spacial score (nSPS) is 24.3. The summed E-state index contributed by atoms with van der Waals surface area (Å²) in [4.78, 5) is 2.56. The van der Waals surface area contributed by atoms with Crippen LogP contribution in [-0.2, 0) is 0 Å². The highest BCUT2D eigenvalue weighted by atomic mass is 79.9. The number of aryl methyl sites for hydroxylation is 1. The molecule has 1 fully saturated rings. The van der Waals surface area contributed by atoms with Crippen molar-refractivity contribution >= 4 is 21.6 Å². The summed E-state index contributed by atoms with van der Waals surface area (Å²) in [5.41, 5.74) is 2.65. The summed E-state index contributed by atoms with van der Waals surface area (Å²) < 4.78 is 1.22. The van der Waals surface area contributed by atoms with E-state index in [0.29, 0.717) is 12.1 Å². The van der Waals surface area contributed by atoms with Crippen LogP contribution >= 0.6 is 15.9 Å². The van der Waals surface area contributed by atoms with Crippen LogP contribution in [0.15, 0.2) is 22.7 Å². The van der Waals surface area contributed by atoms with Crippen LogP contribution in [0.25, 0.3) is 0 Å². The molecule has 0 radical (unpaired) electrons. The van der Waals surface area contributed by atoms with E-state index in [2.05, 4.69) is 65.1 Å². The summed E-state index contributed by atoms with van der Waals surface area (Å²) >= 11 is 3.72. The molecule has 1 aliphatic heterocycles. The molecule has 100 valence electrons. The first-order valence-corrected chi connectivity index (χ1v) is 7.71. The zero-order valence-electron chi connectivity index (χ0n) is 11.5. The van der Waals surface area contributed by atoms with Gasteiger partial charge in [-0.3, -0.25) is 0 Å². The molecule has 1 aromatic rings. The first-order chi connectivity index (χ1) is 8.65. The van der Waals surface area contributed by atoms with Crippen LogP contribution in [0.5, 0.6) is 0 Å². The second-order valence-corrected chi connectivity index (χ2v) is 6.04. The standard InChI is InChI=1S/C15H23BrN2/c1-4-12-10-18(13(5-2)9-17-12)15-7-6-11(3)8-14(15)16/h6-8,12-13,17H,4-5,9-10H2,1-3H3. The average Bonchev–Trinajstić information content (AvgIpc) is 2.38. The molecule has 1 aromatic carbocycles. The zero-order chi connectivity index (χ0) is 13.1. The Morgan fingerprint density at radius 2 is 2.11 bits per heavy atom. The Hall–Kier alpha value is -0.540. The number of piperazine rings is 1. The van der Waals surface area contributed by atoms with Crippen LogP contribution in [-0.4, -0.2) is 25.2 Å². The van der Waals surface area contributed by atoms with E-state index >= 15 is 0 Å². The van der Waals surface area contributed by atoms with Gasteiger partial charge in [0.15, 0.2) is 0 Å². The van der Waals surface area contributed by atoms with Crippen molar-refractivity contribution < 1.29 is 0 Å². The highest BCUT2D eigenvalue weighted by molar-refractivity contribution is 9.10. The third-order valence-electron chi connectivity index (χ3n) is 3.88. The molecular formula is C15H23BrN2. The largest absolute Gasteiger partial charge is 0.365 e. The Kier molecular flexibility index (Phi) is 4.68. The van der Waals surface area contributed by atoms with Crippen molar-refractivity contribution in [2.24, 2.45) is 0 Å². The maximum absolute atomic E-state index is 3.72. The molecular weight excluding hydrogens is 288 g/mol. The molecule has 1 aliphatic rings. The molecule has 18 heavy (non-hydrogen) atoms. The Morgan fingerprint density at radius 1 is 1.33 bits per heavy atom. The summed E-state index contributed by atoms with van der Waals surface area (Å²) in [5.74, 6) is 0. The number of halogens is 1. The maximum atomic E-state index is 3.72. The fourth-order valence-electron chi connectivity index (χ4n) is 2.64. The van der Waals surface area contributed by atoms with E-state index in [9.17, 15) is 0 Å². The van der Waals surface area contributed by atoms with E-state index in [1.165, 1.54) is 28.6 Å². The quantitative estimate of drug-likeness (QED) is 0.915. The molecule has 0 spiro atoms. The number of benzene rings is 1. The van der Waals surface area contributed by atoms with Crippen molar-refractivity contribution in [3.05, 3.63) is 28.2 Å². The van der Waals surface area contributed by atoms with Gasteiger partial charge in [-0.05, 0) is 53.4 Å². The van der Waals surface area contributed by atoms with Gasteiger partial charge in [-0.2, -0.15) is 0 Å². The minimum Gasteiger partial charge on any atom is -0.365 e. The number of anilines is 1. The Bertz CT molecular complexity index is 405. The van der Waals surface area contributed by atoms with Crippen molar-refractivity contribution in [1.82, 2.24) is 5.32 Å². The minimum atomic E-state index is 0.604. The smallest absolute Gasteiger partial charge is 0.0514 e. The molecule has 2 rings (SSSR count). The molecule has 0 amide bonds. The Balaban J connectivity index is 2.26. The third-order valence-corrected chi connectivity index (χ3v) is 4.51. The van der Waals surface area contributed by atoms with Crippen molar-refractivity contribution in [2.45, 2.75) is 45.7 Å². The Morgan fingerprint density at radius 3 is 2.72 bits per heavy atom. The van der Waals surface area contributed by atoms with Gasteiger partial charge in [0.05, 0.1) is 5.69 Å². The van der Waals surface area contributed by atoms with Gasteiger partial charge >= 0.3 is 0 Å². The summed E-state index contributed by atoms with van der Waals surface area (Å²) in [6.07, 6.45) is 2.38.